The molecule has 4 rings (SSSR count). The van der Waals surface area contributed by atoms with Gasteiger partial charge in [0.05, 0.1) is 5.56 Å². The lowest BCUT2D eigenvalue weighted by Crippen LogP contribution is -2.16. The quantitative estimate of drug-likeness (QED) is 0.290. The third-order valence-electron chi connectivity index (χ3n) is 5.95. The maximum absolute atomic E-state index is 12.9. The summed E-state index contributed by atoms with van der Waals surface area (Å²) in [6, 6.07) is 20.4. The van der Waals surface area contributed by atoms with E-state index in [4.69, 9.17) is 4.52 Å². The van der Waals surface area contributed by atoms with E-state index in [1.54, 1.807) is 0 Å². The van der Waals surface area contributed by atoms with Gasteiger partial charge in [-0.05, 0) is 40.7 Å². The average molecular weight is 480 g/mol. The Labute approximate surface area is 203 Å². The molecule has 0 amide bonds. The van der Waals surface area contributed by atoms with Gasteiger partial charge in [0.25, 0.3) is 5.89 Å². The number of benzene rings is 3. The molecule has 0 fully saturated rings. The number of halogens is 3. The molecule has 0 aliphatic rings. The first-order valence-electron chi connectivity index (χ1n) is 11.6. The maximum Gasteiger partial charge on any atom is 0.416 e. The summed E-state index contributed by atoms with van der Waals surface area (Å²) < 4.78 is 44.5. The van der Waals surface area contributed by atoms with E-state index < -0.39 is 17.8 Å². The molecule has 4 aromatic rings. The van der Waals surface area contributed by atoms with E-state index in [1.807, 2.05) is 30.3 Å². The highest BCUT2D eigenvalue weighted by Crippen LogP contribution is 2.37. The van der Waals surface area contributed by atoms with Gasteiger partial charge in [0, 0.05) is 11.3 Å². The van der Waals surface area contributed by atoms with Crippen LogP contribution in [0.15, 0.2) is 77.3 Å². The summed E-state index contributed by atoms with van der Waals surface area (Å²) in [5.41, 5.74) is 4.05. The molecule has 1 unspecified atom stereocenters. The minimum atomic E-state index is -4.40. The molecule has 0 saturated heterocycles. The molecule has 1 N–H and O–H groups in total. The second kappa shape index (κ2) is 9.94. The fourth-order valence-corrected chi connectivity index (χ4v) is 4.07. The predicted molar refractivity (Wildman–Crippen MR) is 131 cm³/mol. The van der Waals surface area contributed by atoms with Crippen molar-refractivity contribution in [1.29, 1.82) is 0 Å². The molecule has 1 atom stereocenters. The summed E-state index contributed by atoms with van der Waals surface area (Å²) in [5, 5.41) is 7.73. The number of nitrogens with one attached hydrogen (secondary N) is 1. The standard InChI is InChI=1S/C28H28F3N3O/c1-17(2)22-11-8-12-23(18(3)4)25(22)32-24(19-9-6-5-7-10-19)27-33-26(34-35-27)20-13-15-21(16-14-20)28(29,30)31/h5-18,24,32H,1-4H3. The van der Waals surface area contributed by atoms with Crippen LogP contribution in [0.4, 0.5) is 18.9 Å². The number of rotatable bonds is 7. The smallest absolute Gasteiger partial charge is 0.370 e. The van der Waals surface area contributed by atoms with Gasteiger partial charge in [0.15, 0.2) is 0 Å². The monoisotopic (exact) mass is 479 g/mol. The molecule has 182 valence electrons. The van der Waals surface area contributed by atoms with Gasteiger partial charge in [-0.3, -0.25) is 0 Å². The van der Waals surface area contributed by atoms with Crippen molar-refractivity contribution in [2.45, 2.75) is 51.7 Å². The molecule has 1 aromatic heterocycles. The number of nitrogens with zero attached hydrogens (tertiary/aromatic N) is 2. The summed E-state index contributed by atoms with van der Waals surface area (Å²) in [6.45, 7) is 8.60. The fraction of sp³-hybridized carbons (Fsp3) is 0.286. The van der Waals surface area contributed by atoms with Crippen LogP contribution in [0.1, 0.15) is 73.7 Å². The number of aromatic nitrogens is 2. The number of alkyl halides is 3. The van der Waals surface area contributed by atoms with Crippen molar-refractivity contribution in [1.82, 2.24) is 10.1 Å². The Morgan fingerprint density at radius 3 is 1.91 bits per heavy atom. The van der Waals surface area contributed by atoms with Crippen LogP contribution >= 0.6 is 0 Å². The number of anilines is 1. The fourth-order valence-electron chi connectivity index (χ4n) is 4.07. The van der Waals surface area contributed by atoms with Crippen molar-refractivity contribution >= 4 is 5.69 Å². The zero-order valence-corrected chi connectivity index (χ0v) is 20.1. The molecule has 0 aliphatic heterocycles. The molecule has 1 heterocycles. The summed E-state index contributed by atoms with van der Waals surface area (Å²) in [7, 11) is 0. The minimum absolute atomic E-state index is 0.234. The van der Waals surface area contributed by atoms with Crippen LogP contribution in [0.3, 0.4) is 0 Å². The van der Waals surface area contributed by atoms with Crippen LogP contribution in [-0.2, 0) is 6.18 Å². The first-order chi connectivity index (χ1) is 16.6. The first kappa shape index (κ1) is 24.5. The molecular formula is C28H28F3N3O. The Kier molecular flexibility index (Phi) is 6.96. The van der Waals surface area contributed by atoms with Crippen LogP contribution in [-0.4, -0.2) is 10.1 Å². The van der Waals surface area contributed by atoms with Gasteiger partial charge >= 0.3 is 6.18 Å². The summed E-state index contributed by atoms with van der Waals surface area (Å²) in [5.74, 6) is 1.15. The third kappa shape index (κ3) is 5.39. The summed E-state index contributed by atoms with van der Waals surface area (Å²) in [4.78, 5) is 4.57. The van der Waals surface area contributed by atoms with Crippen molar-refractivity contribution in [2.75, 3.05) is 5.32 Å². The van der Waals surface area contributed by atoms with E-state index >= 15 is 0 Å². The third-order valence-corrected chi connectivity index (χ3v) is 5.95. The molecule has 0 radical (unpaired) electrons. The highest BCUT2D eigenvalue weighted by molar-refractivity contribution is 5.62. The van der Waals surface area contributed by atoms with Gasteiger partial charge in [-0.1, -0.05) is 93.5 Å². The van der Waals surface area contributed by atoms with Crippen LogP contribution in [0, 0.1) is 0 Å². The second-order valence-electron chi connectivity index (χ2n) is 9.14. The number of hydrogen-bond donors (Lipinski definition) is 1. The topological polar surface area (TPSA) is 51.0 Å². The second-order valence-corrected chi connectivity index (χ2v) is 9.14. The Balaban J connectivity index is 1.75. The van der Waals surface area contributed by atoms with Gasteiger partial charge in [0.1, 0.15) is 6.04 Å². The Morgan fingerprint density at radius 1 is 0.771 bits per heavy atom. The Morgan fingerprint density at radius 2 is 1.37 bits per heavy atom. The highest BCUT2D eigenvalue weighted by Gasteiger charge is 2.30. The van der Waals surface area contributed by atoms with E-state index in [1.165, 1.54) is 23.3 Å². The summed E-state index contributed by atoms with van der Waals surface area (Å²) >= 11 is 0. The van der Waals surface area contributed by atoms with Gasteiger partial charge in [-0.25, -0.2) is 0 Å². The van der Waals surface area contributed by atoms with Crippen LogP contribution in [0.2, 0.25) is 0 Å². The number of hydrogen-bond acceptors (Lipinski definition) is 4. The van der Waals surface area contributed by atoms with Crippen molar-refractivity contribution in [3.63, 3.8) is 0 Å². The zero-order chi connectivity index (χ0) is 25.2. The van der Waals surface area contributed by atoms with E-state index in [-0.39, 0.29) is 17.7 Å². The molecule has 35 heavy (non-hydrogen) atoms. The van der Waals surface area contributed by atoms with E-state index in [0.29, 0.717) is 11.5 Å². The average Bonchev–Trinajstić information content (AvgIpc) is 3.32. The van der Waals surface area contributed by atoms with Gasteiger partial charge < -0.3 is 9.84 Å². The van der Waals surface area contributed by atoms with Crippen molar-refractivity contribution in [3.8, 4) is 11.4 Å². The zero-order valence-electron chi connectivity index (χ0n) is 20.1. The number of para-hydroxylation sites is 1. The van der Waals surface area contributed by atoms with E-state index in [2.05, 4.69) is 61.4 Å². The van der Waals surface area contributed by atoms with Crippen molar-refractivity contribution in [3.05, 3.63) is 101 Å². The first-order valence-corrected chi connectivity index (χ1v) is 11.6. The highest BCUT2D eigenvalue weighted by atomic mass is 19.4. The molecular weight excluding hydrogens is 451 g/mol. The lowest BCUT2D eigenvalue weighted by molar-refractivity contribution is -0.137. The predicted octanol–water partition coefficient (Wildman–Crippen LogP) is 8.20. The van der Waals surface area contributed by atoms with E-state index in [9.17, 15) is 13.2 Å². The van der Waals surface area contributed by atoms with E-state index in [0.717, 1.165) is 23.4 Å². The Bertz CT molecular complexity index is 1240. The van der Waals surface area contributed by atoms with Crippen LogP contribution < -0.4 is 5.32 Å². The molecule has 3 aromatic carbocycles. The van der Waals surface area contributed by atoms with Gasteiger partial charge in [-0.15, -0.1) is 0 Å². The molecule has 7 heteroatoms. The lowest BCUT2D eigenvalue weighted by atomic mass is 9.91. The van der Waals surface area contributed by atoms with Gasteiger partial charge in [0.2, 0.25) is 5.82 Å². The SMILES string of the molecule is CC(C)c1cccc(C(C)C)c1NC(c1ccccc1)c1nc(-c2ccc(C(F)(F)F)cc2)no1. The molecule has 4 nitrogen and oxygen atoms in total. The van der Waals surface area contributed by atoms with Crippen molar-refractivity contribution < 1.29 is 17.7 Å². The van der Waals surface area contributed by atoms with Crippen LogP contribution in [0.5, 0.6) is 0 Å². The molecule has 0 aliphatic carbocycles. The minimum Gasteiger partial charge on any atom is -0.370 e. The maximum atomic E-state index is 12.9. The molecule has 0 saturated carbocycles. The van der Waals surface area contributed by atoms with Crippen LogP contribution in [0.25, 0.3) is 11.4 Å². The largest absolute Gasteiger partial charge is 0.416 e. The van der Waals surface area contributed by atoms with Crippen molar-refractivity contribution in [2.24, 2.45) is 0 Å². The molecule has 0 bridgehead atoms. The van der Waals surface area contributed by atoms with Gasteiger partial charge in [-0.2, -0.15) is 18.2 Å². The Hall–Kier alpha value is -3.61. The molecule has 0 spiro atoms. The lowest BCUT2D eigenvalue weighted by Gasteiger charge is -2.25. The normalized spacial score (nSPS) is 12.8. The summed E-state index contributed by atoms with van der Waals surface area (Å²) in [6.07, 6.45) is -4.40.